The van der Waals surface area contributed by atoms with Crippen LogP contribution in [0.15, 0.2) is 36.5 Å². The Morgan fingerprint density at radius 3 is 2.60 bits per heavy atom. The Bertz CT molecular complexity index is 984. The zero-order valence-electron chi connectivity index (χ0n) is 18.0. The number of nitrogens with zero attached hydrogens (tertiary/aromatic N) is 5. The smallest absolute Gasteiger partial charge is 0.227 e. The largest absolute Gasteiger partial charge is 0.342 e. The number of hydrogen-bond acceptors (Lipinski definition) is 4. The number of carbonyl (C=O) groups is 1. The van der Waals surface area contributed by atoms with Gasteiger partial charge in [-0.1, -0.05) is 37.3 Å². The molecule has 30 heavy (non-hydrogen) atoms. The Labute approximate surface area is 177 Å². The number of aryl methyl sites for hydroxylation is 2. The molecule has 1 aliphatic rings. The number of benzene rings is 1. The molecule has 0 aliphatic carbocycles. The van der Waals surface area contributed by atoms with Crippen molar-refractivity contribution in [2.45, 2.75) is 52.5 Å². The SMILES string of the molecule is Cc1nc(C)n(CC(C)C(=O)N2CCC(c3[nH]ncc3Cc3ccccc3)CC2)n1. The molecule has 0 bridgehead atoms. The highest BCUT2D eigenvalue weighted by molar-refractivity contribution is 5.78. The first kappa shape index (κ1) is 20.3. The lowest BCUT2D eigenvalue weighted by Crippen LogP contribution is -2.42. The minimum atomic E-state index is -0.109. The van der Waals surface area contributed by atoms with Gasteiger partial charge >= 0.3 is 0 Å². The number of piperidine rings is 1. The van der Waals surface area contributed by atoms with Crippen LogP contribution in [0.2, 0.25) is 0 Å². The van der Waals surface area contributed by atoms with Gasteiger partial charge in [0, 0.05) is 31.1 Å². The predicted octanol–water partition coefficient (Wildman–Crippen LogP) is 3.25. The number of hydrogen-bond donors (Lipinski definition) is 1. The molecular formula is C23H30N6O. The van der Waals surface area contributed by atoms with Crippen LogP contribution < -0.4 is 0 Å². The number of aromatic amines is 1. The Morgan fingerprint density at radius 1 is 1.20 bits per heavy atom. The van der Waals surface area contributed by atoms with E-state index in [-0.39, 0.29) is 11.8 Å². The van der Waals surface area contributed by atoms with E-state index in [4.69, 9.17) is 0 Å². The van der Waals surface area contributed by atoms with Gasteiger partial charge in [-0.15, -0.1) is 0 Å². The summed E-state index contributed by atoms with van der Waals surface area (Å²) in [4.78, 5) is 19.3. The molecule has 7 nitrogen and oxygen atoms in total. The van der Waals surface area contributed by atoms with Crippen LogP contribution in [-0.2, 0) is 17.8 Å². The molecular weight excluding hydrogens is 376 g/mol. The number of rotatable bonds is 6. The van der Waals surface area contributed by atoms with Gasteiger partial charge in [0.05, 0.1) is 18.7 Å². The third kappa shape index (κ3) is 4.45. The van der Waals surface area contributed by atoms with Gasteiger partial charge in [0.1, 0.15) is 11.6 Å². The van der Waals surface area contributed by atoms with Crippen LogP contribution in [-0.4, -0.2) is 48.9 Å². The number of aromatic nitrogens is 5. The van der Waals surface area contributed by atoms with E-state index in [9.17, 15) is 4.79 Å². The summed E-state index contributed by atoms with van der Waals surface area (Å²) in [7, 11) is 0. The predicted molar refractivity (Wildman–Crippen MR) is 115 cm³/mol. The summed E-state index contributed by atoms with van der Waals surface area (Å²) in [6, 6.07) is 10.5. The lowest BCUT2D eigenvalue weighted by molar-refractivity contribution is -0.136. The summed E-state index contributed by atoms with van der Waals surface area (Å²) in [5.74, 6) is 2.12. The van der Waals surface area contributed by atoms with Gasteiger partial charge in [-0.25, -0.2) is 9.67 Å². The molecule has 3 aromatic rings. The fourth-order valence-electron chi connectivity index (χ4n) is 4.40. The molecule has 1 fully saturated rings. The fraction of sp³-hybridized carbons (Fsp3) is 0.478. The Kier molecular flexibility index (Phi) is 5.97. The van der Waals surface area contributed by atoms with Crippen molar-refractivity contribution in [1.82, 2.24) is 29.9 Å². The molecule has 4 rings (SSSR count). The Morgan fingerprint density at radius 2 is 1.93 bits per heavy atom. The van der Waals surface area contributed by atoms with Crippen molar-refractivity contribution in [3.63, 3.8) is 0 Å². The van der Waals surface area contributed by atoms with Gasteiger partial charge in [-0.05, 0) is 37.8 Å². The molecule has 0 radical (unpaired) electrons. The van der Waals surface area contributed by atoms with Gasteiger partial charge in [0.15, 0.2) is 0 Å². The van der Waals surface area contributed by atoms with E-state index in [1.165, 1.54) is 16.8 Å². The van der Waals surface area contributed by atoms with Crippen LogP contribution >= 0.6 is 0 Å². The third-order valence-electron chi connectivity index (χ3n) is 6.03. The molecule has 0 spiro atoms. The third-order valence-corrected chi connectivity index (χ3v) is 6.03. The molecule has 3 heterocycles. The molecule has 1 atom stereocenters. The molecule has 2 aromatic heterocycles. The van der Waals surface area contributed by atoms with Gasteiger partial charge in [0.25, 0.3) is 0 Å². The van der Waals surface area contributed by atoms with Crippen molar-refractivity contribution in [2.24, 2.45) is 5.92 Å². The quantitative estimate of drug-likeness (QED) is 0.681. The van der Waals surface area contributed by atoms with Gasteiger partial charge in [-0.2, -0.15) is 10.2 Å². The van der Waals surface area contributed by atoms with E-state index in [0.717, 1.165) is 44.0 Å². The Hall–Kier alpha value is -2.96. The topological polar surface area (TPSA) is 79.7 Å². The molecule has 1 unspecified atom stereocenters. The molecule has 158 valence electrons. The molecule has 1 saturated heterocycles. The second kappa shape index (κ2) is 8.81. The van der Waals surface area contributed by atoms with Gasteiger partial charge in [0.2, 0.25) is 5.91 Å². The minimum Gasteiger partial charge on any atom is -0.342 e. The average Bonchev–Trinajstić information content (AvgIpc) is 3.34. The first-order valence-electron chi connectivity index (χ1n) is 10.7. The van der Waals surface area contributed by atoms with E-state index in [1.807, 2.05) is 42.6 Å². The molecule has 7 heteroatoms. The van der Waals surface area contributed by atoms with Crippen molar-refractivity contribution in [3.05, 3.63) is 65.0 Å². The van der Waals surface area contributed by atoms with Crippen LogP contribution in [0.3, 0.4) is 0 Å². The van der Waals surface area contributed by atoms with E-state index in [1.54, 1.807) is 0 Å². The van der Waals surface area contributed by atoms with Crippen LogP contribution in [0.4, 0.5) is 0 Å². The highest BCUT2D eigenvalue weighted by Crippen LogP contribution is 2.30. The molecule has 1 aliphatic heterocycles. The van der Waals surface area contributed by atoms with Crippen LogP contribution in [0.25, 0.3) is 0 Å². The van der Waals surface area contributed by atoms with E-state index in [2.05, 4.69) is 44.5 Å². The van der Waals surface area contributed by atoms with E-state index < -0.39 is 0 Å². The lowest BCUT2D eigenvalue weighted by atomic mass is 9.89. The second-order valence-corrected chi connectivity index (χ2v) is 8.36. The summed E-state index contributed by atoms with van der Waals surface area (Å²) >= 11 is 0. The van der Waals surface area contributed by atoms with Gasteiger partial charge in [-0.3, -0.25) is 9.89 Å². The standard InChI is InChI=1S/C23H30N6O/c1-16(15-29-18(3)25-17(2)27-29)23(30)28-11-9-20(10-12-28)22-21(14-24-26-22)13-19-7-5-4-6-8-19/h4-8,14,16,20H,9-13,15H2,1-3H3,(H,24,26). The van der Waals surface area contributed by atoms with Gasteiger partial charge < -0.3 is 4.90 Å². The number of carbonyl (C=O) groups excluding carboxylic acids is 1. The van der Waals surface area contributed by atoms with Crippen molar-refractivity contribution >= 4 is 5.91 Å². The second-order valence-electron chi connectivity index (χ2n) is 8.36. The lowest BCUT2D eigenvalue weighted by Gasteiger charge is -2.33. The molecule has 1 N–H and O–H groups in total. The van der Waals surface area contributed by atoms with E-state index >= 15 is 0 Å². The fourth-order valence-corrected chi connectivity index (χ4v) is 4.40. The van der Waals surface area contributed by atoms with Crippen molar-refractivity contribution in [1.29, 1.82) is 0 Å². The van der Waals surface area contributed by atoms with Crippen LogP contribution in [0, 0.1) is 19.8 Å². The maximum absolute atomic E-state index is 13.0. The normalized spacial score (nSPS) is 16.0. The monoisotopic (exact) mass is 406 g/mol. The zero-order chi connectivity index (χ0) is 21.1. The Balaban J connectivity index is 1.34. The summed E-state index contributed by atoms with van der Waals surface area (Å²) < 4.78 is 1.84. The first-order chi connectivity index (χ1) is 14.5. The van der Waals surface area contributed by atoms with E-state index in [0.29, 0.717) is 12.5 Å². The maximum atomic E-state index is 13.0. The highest BCUT2D eigenvalue weighted by atomic mass is 16.2. The maximum Gasteiger partial charge on any atom is 0.227 e. The summed E-state index contributed by atoms with van der Waals surface area (Å²) in [6.45, 7) is 7.94. The number of amides is 1. The van der Waals surface area contributed by atoms with Crippen molar-refractivity contribution in [3.8, 4) is 0 Å². The molecule has 0 saturated carbocycles. The number of likely N-dealkylation sites (tertiary alicyclic amines) is 1. The first-order valence-corrected chi connectivity index (χ1v) is 10.7. The van der Waals surface area contributed by atoms with Crippen LogP contribution in [0.1, 0.15) is 54.2 Å². The average molecular weight is 407 g/mol. The minimum absolute atomic E-state index is 0.109. The van der Waals surface area contributed by atoms with Crippen molar-refractivity contribution < 1.29 is 4.79 Å². The summed E-state index contributed by atoms with van der Waals surface area (Å²) in [5, 5.41) is 11.9. The number of nitrogens with one attached hydrogen (secondary N) is 1. The summed E-state index contributed by atoms with van der Waals surface area (Å²) in [5.41, 5.74) is 3.78. The summed E-state index contributed by atoms with van der Waals surface area (Å²) in [6.07, 6.45) is 4.76. The van der Waals surface area contributed by atoms with Crippen molar-refractivity contribution in [2.75, 3.05) is 13.1 Å². The molecule has 1 amide bonds. The zero-order valence-corrected chi connectivity index (χ0v) is 18.0. The highest BCUT2D eigenvalue weighted by Gasteiger charge is 2.29. The van der Waals surface area contributed by atoms with Crippen LogP contribution in [0.5, 0.6) is 0 Å². The number of H-pyrrole nitrogens is 1. The molecule has 1 aromatic carbocycles.